The predicted octanol–water partition coefficient (Wildman–Crippen LogP) is 1.59. The van der Waals surface area contributed by atoms with E-state index in [1.807, 2.05) is 23.1 Å². The van der Waals surface area contributed by atoms with Crippen molar-refractivity contribution in [2.45, 2.75) is 6.54 Å². The third kappa shape index (κ3) is 3.53. The fourth-order valence-corrected chi connectivity index (χ4v) is 1.61. The highest BCUT2D eigenvalue weighted by Crippen LogP contribution is 2.13. The van der Waals surface area contributed by atoms with Crippen LogP contribution in [0.15, 0.2) is 35.2 Å². The van der Waals surface area contributed by atoms with E-state index < -0.39 is 0 Å². The number of rotatable bonds is 6. The minimum absolute atomic E-state index is 0.299. The molecule has 0 bridgehead atoms. The van der Waals surface area contributed by atoms with Crippen molar-refractivity contribution in [2.24, 2.45) is 0 Å². The van der Waals surface area contributed by atoms with Gasteiger partial charge in [-0.2, -0.15) is 5.26 Å². The van der Waals surface area contributed by atoms with Crippen LogP contribution in [0.4, 0.5) is 5.82 Å². The van der Waals surface area contributed by atoms with Crippen molar-refractivity contribution >= 4 is 5.82 Å². The number of furan rings is 1. The average molecular weight is 258 g/mol. The third-order valence-corrected chi connectivity index (χ3v) is 2.57. The molecular weight excluding hydrogens is 244 g/mol. The summed E-state index contributed by atoms with van der Waals surface area (Å²) in [5.41, 5.74) is 0.299. The average Bonchev–Trinajstić information content (AvgIpc) is 2.96. The highest BCUT2D eigenvalue weighted by atomic mass is 16.5. The summed E-state index contributed by atoms with van der Waals surface area (Å²) >= 11 is 0. The van der Waals surface area contributed by atoms with Crippen LogP contribution in [0.5, 0.6) is 0 Å². The van der Waals surface area contributed by atoms with Gasteiger partial charge in [0, 0.05) is 13.7 Å². The number of nitrogens with zero attached hydrogens (tertiary/aromatic N) is 4. The van der Waals surface area contributed by atoms with E-state index in [9.17, 15) is 0 Å². The van der Waals surface area contributed by atoms with Crippen LogP contribution in [-0.2, 0) is 11.3 Å². The monoisotopic (exact) mass is 258 g/mol. The van der Waals surface area contributed by atoms with Crippen LogP contribution in [0, 0.1) is 11.3 Å². The highest BCUT2D eigenvalue weighted by Gasteiger charge is 2.10. The van der Waals surface area contributed by atoms with Gasteiger partial charge in [-0.15, -0.1) is 0 Å². The first-order chi connectivity index (χ1) is 9.33. The van der Waals surface area contributed by atoms with Gasteiger partial charge in [-0.1, -0.05) is 0 Å². The van der Waals surface area contributed by atoms with Crippen LogP contribution in [0.1, 0.15) is 11.5 Å². The Morgan fingerprint density at radius 1 is 1.42 bits per heavy atom. The van der Waals surface area contributed by atoms with E-state index in [1.165, 1.54) is 6.20 Å². The molecule has 0 aromatic carbocycles. The van der Waals surface area contributed by atoms with Crippen molar-refractivity contribution in [3.63, 3.8) is 0 Å². The summed E-state index contributed by atoms with van der Waals surface area (Å²) < 4.78 is 10.4. The van der Waals surface area contributed by atoms with E-state index in [-0.39, 0.29) is 0 Å². The molecule has 2 aromatic rings. The highest BCUT2D eigenvalue weighted by molar-refractivity contribution is 5.37. The summed E-state index contributed by atoms with van der Waals surface area (Å²) in [5.74, 6) is 1.52. The van der Waals surface area contributed by atoms with Gasteiger partial charge in [0.2, 0.25) is 0 Å². The molecule has 6 heteroatoms. The zero-order valence-corrected chi connectivity index (χ0v) is 10.6. The maximum absolute atomic E-state index is 8.71. The summed E-state index contributed by atoms with van der Waals surface area (Å²) in [4.78, 5) is 10.2. The van der Waals surface area contributed by atoms with Gasteiger partial charge in [-0.3, -0.25) is 0 Å². The Morgan fingerprint density at radius 3 is 2.89 bits per heavy atom. The lowest BCUT2D eigenvalue weighted by Crippen LogP contribution is -2.27. The molecule has 0 amide bonds. The summed E-state index contributed by atoms with van der Waals surface area (Å²) in [6.45, 7) is 1.82. The van der Waals surface area contributed by atoms with Gasteiger partial charge in [0.15, 0.2) is 5.69 Å². The Hall–Kier alpha value is -2.39. The third-order valence-electron chi connectivity index (χ3n) is 2.57. The lowest BCUT2D eigenvalue weighted by Gasteiger charge is -2.21. The minimum atomic E-state index is 0.299. The quantitative estimate of drug-likeness (QED) is 0.783. The summed E-state index contributed by atoms with van der Waals surface area (Å²) in [7, 11) is 1.65. The Balaban J connectivity index is 2.13. The Kier molecular flexibility index (Phi) is 4.48. The molecule has 0 atom stereocenters. The van der Waals surface area contributed by atoms with Crippen LogP contribution < -0.4 is 4.90 Å². The van der Waals surface area contributed by atoms with Crippen LogP contribution in [0.25, 0.3) is 0 Å². The Bertz CT molecular complexity index is 531. The first-order valence-corrected chi connectivity index (χ1v) is 5.82. The molecule has 0 aliphatic carbocycles. The van der Waals surface area contributed by atoms with Crippen molar-refractivity contribution in [2.75, 3.05) is 25.2 Å². The van der Waals surface area contributed by atoms with Gasteiger partial charge in [-0.25, -0.2) is 9.97 Å². The molecule has 0 fully saturated rings. The van der Waals surface area contributed by atoms with Gasteiger partial charge >= 0.3 is 0 Å². The molecule has 0 N–H and O–H groups in total. The normalized spacial score (nSPS) is 10.1. The van der Waals surface area contributed by atoms with Crippen molar-refractivity contribution in [3.8, 4) is 6.07 Å². The molecule has 2 aromatic heterocycles. The van der Waals surface area contributed by atoms with E-state index in [2.05, 4.69) is 9.97 Å². The van der Waals surface area contributed by atoms with E-state index in [1.54, 1.807) is 19.6 Å². The maximum atomic E-state index is 8.71. The SMILES string of the molecule is COCCN(Cc1ccco1)c1cnc(C#N)cn1. The predicted molar refractivity (Wildman–Crippen MR) is 68.4 cm³/mol. The number of nitriles is 1. The molecule has 19 heavy (non-hydrogen) atoms. The topological polar surface area (TPSA) is 75.2 Å². The van der Waals surface area contributed by atoms with Crippen molar-refractivity contribution < 1.29 is 9.15 Å². The standard InChI is InChI=1S/C13H14N4O2/c1-18-6-4-17(10-12-3-2-5-19-12)13-9-15-11(7-14)8-16-13/h2-3,5,8-9H,4,6,10H2,1H3. The molecule has 6 nitrogen and oxygen atoms in total. The van der Waals surface area contributed by atoms with E-state index in [4.69, 9.17) is 14.4 Å². The fraction of sp³-hybridized carbons (Fsp3) is 0.308. The lowest BCUT2D eigenvalue weighted by atomic mass is 10.4. The number of anilines is 1. The Morgan fingerprint density at radius 2 is 2.32 bits per heavy atom. The van der Waals surface area contributed by atoms with E-state index in [0.29, 0.717) is 31.2 Å². The molecular formula is C13H14N4O2. The largest absolute Gasteiger partial charge is 0.467 e. The second kappa shape index (κ2) is 6.52. The number of ether oxygens (including phenoxy) is 1. The van der Waals surface area contributed by atoms with Crippen LogP contribution in [0.2, 0.25) is 0 Å². The van der Waals surface area contributed by atoms with Gasteiger partial charge in [0.1, 0.15) is 17.6 Å². The van der Waals surface area contributed by atoms with Gasteiger partial charge < -0.3 is 14.1 Å². The van der Waals surface area contributed by atoms with Crippen LogP contribution >= 0.6 is 0 Å². The number of aromatic nitrogens is 2. The molecule has 0 aliphatic rings. The first-order valence-electron chi connectivity index (χ1n) is 5.82. The number of hydrogen-bond acceptors (Lipinski definition) is 6. The van der Waals surface area contributed by atoms with E-state index in [0.717, 1.165) is 5.76 Å². The van der Waals surface area contributed by atoms with Crippen molar-refractivity contribution in [3.05, 3.63) is 42.2 Å². The smallest absolute Gasteiger partial charge is 0.158 e. The molecule has 98 valence electrons. The lowest BCUT2D eigenvalue weighted by molar-refractivity contribution is 0.204. The maximum Gasteiger partial charge on any atom is 0.158 e. The van der Waals surface area contributed by atoms with Crippen LogP contribution in [0.3, 0.4) is 0 Å². The van der Waals surface area contributed by atoms with Crippen molar-refractivity contribution in [1.82, 2.24) is 9.97 Å². The summed E-state index contributed by atoms with van der Waals surface area (Å²) in [6, 6.07) is 5.69. The minimum Gasteiger partial charge on any atom is -0.467 e. The molecule has 0 aliphatic heterocycles. The van der Waals surface area contributed by atoms with Gasteiger partial charge in [0.25, 0.3) is 0 Å². The van der Waals surface area contributed by atoms with Gasteiger partial charge in [0.05, 0.1) is 31.8 Å². The molecule has 0 spiro atoms. The molecule has 0 radical (unpaired) electrons. The fourth-order valence-electron chi connectivity index (χ4n) is 1.61. The van der Waals surface area contributed by atoms with Crippen LogP contribution in [-0.4, -0.2) is 30.2 Å². The second-order valence-electron chi connectivity index (χ2n) is 3.87. The summed E-state index contributed by atoms with van der Waals surface area (Å²) in [6.07, 6.45) is 4.67. The zero-order chi connectivity index (χ0) is 13.5. The molecule has 0 saturated carbocycles. The molecule has 0 unspecified atom stereocenters. The zero-order valence-electron chi connectivity index (χ0n) is 10.6. The van der Waals surface area contributed by atoms with E-state index >= 15 is 0 Å². The summed E-state index contributed by atoms with van der Waals surface area (Å²) in [5, 5.41) is 8.71. The van der Waals surface area contributed by atoms with Crippen molar-refractivity contribution in [1.29, 1.82) is 5.26 Å². The number of methoxy groups -OCH3 is 1. The molecule has 2 rings (SSSR count). The first kappa shape index (κ1) is 13.1. The molecule has 0 saturated heterocycles. The molecule has 2 heterocycles. The Labute approximate surface area is 111 Å². The number of hydrogen-bond donors (Lipinski definition) is 0. The second-order valence-corrected chi connectivity index (χ2v) is 3.87. The van der Waals surface area contributed by atoms with Gasteiger partial charge in [-0.05, 0) is 12.1 Å².